The van der Waals surface area contributed by atoms with Crippen LogP contribution in [0.2, 0.25) is 0 Å². The molecule has 6 aromatic rings. The molecule has 84 heavy (non-hydrogen) atoms. The van der Waals surface area contributed by atoms with Crippen LogP contribution in [0.15, 0.2) is 78.9 Å². The SMILES string of the molecule is COc1c(C)ccc(C(C)C)c1CO.COc1cc(C(C)C)c(CO)cc1C.COc1cc(C(C)C)cc(OC)c1OC.COc1cc(CO)c(C(C)C)c(CO)c1.Cc1ccc(CO)c(C(C)C)c1.Cc1ccc(CO)c(C(C)C)c1CO. The van der Waals surface area contributed by atoms with Gasteiger partial charge in [0.15, 0.2) is 11.5 Å². The summed E-state index contributed by atoms with van der Waals surface area (Å²) in [6.45, 7) is 33.6. The van der Waals surface area contributed by atoms with Gasteiger partial charge in [-0.3, -0.25) is 0 Å². The molecule has 0 aliphatic heterocycles. The first-order valence-corrected chi connectivity index (χ1v) is 29.0. The lowest BCUT2D eigenvalue weighted by Gasteiger charge is -2.17. The van der Waals surface area contributed by atoms with E-state index in [2.05, 4.69) is 88.3 Å². The molecule has 0 fully saturated rings. The summed E-state index contributed by atoms with van der Waals surface area (Å²) in [5.41, 5.74) is 17.9. The minimum Gasteiger partial charge on any atom is -0.497 e. The maximum Gasteiger partial charge on any atom is 0.203 e. The van der Waals surface area contributed by atoms with Crippen LogP contribution in [0.3, 0.4) is 0 Å². The van der Waals surface area contributed by atoms with E-state index in [0.29, 0.717) is 52.6 Å². The van der Waals surface area contributed by atoms with Crippen LogP contribution in [-0.2, 0) is 46.2 Å². The molecule has 6 aromatic carbocycles. The van der Waals surface area contributed by atoms with Crippen LogP contribution in [0.25, 0.3) is 0 Å². The van der Waals surface area contributed by atoms with Crippen molar-refractivity contribution >= 4 is 0 Å². The number of aliphatic hydroxyl groups excluding tert-OH is 7. The lowest BCUT2D eigenvalue weighted by molar-refractivity contribution is 0.270. The van der Waals surface area contributed by atoms with Gasteiger partial charge in [-0.2, -0.15) is 0 Å². The Kier molecular flexibility index (Phi) is 35.0. The van der Waals surface area contributed by atoms with E-state index in [1.807, 2.05) is 101 Å². The molecular formula is C71H106O13. The highest BCUT2D eigenvalue weighted by Gasteiger charge is 2.18. The standard InChI is InChI=1S/2C12H18O3.3C12H18O2.C11H16O/c1-8(2)9-6-10(13-3)12(15-5)11(7-9)14-4;1-8(2)12-9(6-13)4-11(15-3)5-10(12)7-14;1-8(2)11-6-12(14-4)9(3)5-10(11)7-13;1-8(2)10-6-5-9(3)12(14-4)11(10)7-13;1-8(2)12-10(6-13)5-4-9(3)11(12)7-14;1-8(2)11-6-9(3)4-5-10(11)7-12/h6-8H,1-5H3;4-5,8,13-14H,6-7H2,1-3H3;2*5-6,8,13H,7H2,1-4H3;4-5,8,13-14H,6-7H2,1-3H3;4-6,8,12H,7H2,1-3H3. The lowest BCUT2D eigenvalue weighted by Crippen LogP contribution is -2.04. The molecule has 0 aromatic heterocycles. The number of benzene rings is 6. The van der Waals surface area contributed by atoms with Crippen molar-refractivity contribution in [2.24, 2.45) is 0 Å². The number of hydrogen-bond acceptors (Lipinski definition) is 13. The molecule has 13 heteroatoms. The van der Waals surface area contributed by atoms with Gasteiger partial charge >= 0.3 is 0 Å². The molecule has 0 amide bonds. The summed E-state index contributed by atoms with van der Waals surface area (Å²) in [4.78, 5) is 0. The molecule has 7 N–H and O–H groups in total. The maximum absolute atomic E-state index is 9.32. The van der Waals surface area contributed by atoms with Gasteiger partial charge in [0.25, 0.3) is 0 Å². The van der Waals surface area contributed by atoms with Crippen molar-refractivity contribution in [3.63, 3.8) is 0 Å². The van der Waals surface area contributed by atoms with Crippen molar-refractivity contribution in [1.82, 2.24) is 0 Å². The van der Waals surface area contributed by atoms with Gasteiger partial charge in [-0.25, -0.2) is 0 Å². The Bertz CT molecular complexity index is 2830. The second-order valence-corrected chi connectivity index (χ2v) is 22.5. The van der Waals surface area contributed by atoms with Crippen LogP contribution in [0, 0.1) is 27.7 Å². The monoisotopic (exact) mass is 1170 g/mol. The number of aryl methyl sites for hydroxylation is 4. The molecule has 0 saturated heterocycles. The zero-order chi connectivity index (χ0) is 64.1. The third-order valence-corrected chi connectivity index (χ3v) is 14.4. The normalized spacial score (nSPS) is 10.7. The van der Waals surface area contributed by atoms with Gasteiger partial charge < -0.3 is 64.2 Å². The zero-order valence-corrected chi connectivity index (χ0v) is 55.0. The van der Waals surface area contributed by atoms with Crippen molar-refractivity contribution in [2.45, 2.75) is 193 Å². The Hall–Kier alpha value is -6.16. The molecule has 0 saturated carbocycles. The molecule has 6 rings (SSSR count). The van der Waals surface area contributed by atoms with Crippen molar-refractivity contribution in [3.8, 4) is 34.5 Å². The largest absolute Gasteiger partial charge is 0.497 e. The number of aliphatic hydroxyl groups is 7. The molecule has 0 atom stereocenters. The van der Waals surface area contributed by atoms with Crippen LogP contribution >= 0.6 is 0 Å². The van der Waals surface area contributed by atoms with Crippen molar-refractivity contribution in [1.29, 1.82) is 0 Å². The first-order chi connectivity index (χ1) is 39.7. The Morgan fingerprint density at radius 2 is 0.750 bits per heavy atom. The fourth-order valence-electron chi connectivity index (χ4n) is 9.99. The first kappa shape index (κ1) is 75.9. The molecule has 468 valence electrons. The molecule has 13 nitrogen and oxygen atoms in total. The smallest absolute Gasteiger partial charge is 0.203 e. The average Bonchev–Trinajstić information content (AvgIpc) is 3.63. The summed E-state index contributed by atoms with van der Waals surface area (Å²) >= 11 is 0. The molecule has 0 bridgehead atoms. The second kappa shape index (κ2) is 38.7. The number of methoxy groups -OCH3 is 6. The molecule has 0 radical (unpaired) electrons. The molecule has 0 heterocycles. The highest BCUT2D eigenvalue weighted by Crippen LogP contribution is 2.40. The maximum atomic E-state index is 9.32. The number of rotatable bonds is 19. The van der Waals surface area contributed by atoms with E-state index in [4.69, 9.17) is 33.5 Å². The minimum atomic E-state index is -0.0300. The first-order valence-electron chi connectivity index (χ1n) is 29.0. The average molecular weight is 1170 g/mol. The Morgan fingerprint density at radius 1 is 0.310 bits per heavy atom. The minimum absolute atomic E-state index is 0.0300. The summed E-state index contributed by atoms with van der Waals surface area (Å²) < 4.78 is 31.4. The second-order valence-electron chi connectivity index (χ2n) is 22.5. The fourth-order valence-corrected chi connectivity index (χ4v) is 9.99. The van der Waals surface area contributed by atoms with Gasteiger partial charge in [0.2, 0.25) is 5.75 Å². The molecule has 0 aliphatic carbocycles. The number of ether oxygens (including phenoxy) is 6. The highest BCUT2D eigenvalue weighted by atomic mass is 16.5. The Morgan fingerprint density at radius 3 is 1.13 bits per heavy atom. The summed E-state index contributed by atoms with van der Waals surface area (Å²) in [6.07, 6.45) is 0. The molecule has 0 unspecified atom stereocenters. The highest BCUT2D eigenvalue weighted by molar-refractivity contribution is 5.54. The fraction of sp³-hybridized carbons (Fsp3) is 0.493. The van der Waals surface area contributed by atoms with Gasteiger partial charge in [-0.05, 0) is 183 Å². The van der Waals surface area contributed by atoms with E-state index in [1.165, 1.54) is 16.7 Å². The van der Waals surface area contributed by atoms with E-state index in [9.17, 15) is 30.6 Å². The van der Waals surface area contributed by atoms with Crippen molar-refractivity contribution < 1.29 is 64.2 Å². The zero-order valence-electron chi connectivity index (χ0n) is 55.0. The number of hydrogen-bond donors (Lipinski definition) is 7. The summed E-state index contributed by atoms with van der Waals surface area (Å²) in [5.74, 6) is 6.80. The van der Waals surface area contributed by atoms with Crippen LogP contribution < -0.4 is 28.4 Å². The predicted octanol–water partition coefficient (Wildman–Crippen LogP) is 14.6. The predicted molar refractivity (Wildman–Crippen MR) is 343 cm³/mol. The van der Waals surface area contributed by atoms with Gasteiger partial charge in [0.05, 0.1) is 88.9 Å². The van der Waals surface area contributed by atoms with Crippen LogP contribution in [-0.4, -0.2) is 78.4 Å². The summed E-state index contributed by atoms with van der Waals surface area (Å²) in [6, 6.07) is 25.8. The molecule has 0 spiro atoms. The van der Waals surface area contributed by atoms with Gasteiger partial charge in [0, 0.05) is 5.56 Å². The van der Waals surface area contributed by atoms with Gasteiger partial charge in [-0.15, -0.1) is 0 Å². The van der Waals surface area contributed by atoms with E-state index in [1.54, 1.807) is 42.7 Å². The quantitative estimate of drug-likeness (QED) is 0.0405. The van der Waals surface area contributed by atoms with Crippen molar-refractivity contribution in [3.05, 3.63) is 173 Å². The molecular weight excluding hydrogens is 1060 g/mol. The topological polar surface area (TPSA) is 197 Å². The van der Waals surface area contributed by atoms with Crippen LogP contribution in [0.1, 0.15) is 213 Å². The lowest BCUT2D eigenvalue weighted by atomic mass is 9.90. The third kappa shape index (κ3) is 22.0. The Labute approximate surface area is 505 Å². The van der Waals surface area contributed by atoms with Crippen LogP contribution in [0.5, 0.6) is 34.5 Å². The van der Waals surface area contributed by atoms with Crippen molar-refractivity contribution in [2.75, 3.05) is 42.7 Å². The van der Waals surface area contributed by atoms with E-state index >= 15 is 0 Å². The molecule has 0 aliphatic rings. The Balaban J connectivity index is 0.000000505. The van der Waals surface area contributed by atoms with Gasteiger partial charge in [0.1, 0.15) is 17.2 Å². The van der Waals surface area contributed by atoms with E-state index in [-0.39, 0.29) is 52.2 Å². The van der Waals surface area contributed by atoms with Gasteiger partial charge in [-0.1, -0.05) is 131 Å². The van der Waals surface area contributed by atoms with E-state index < -0.39 is 0 Å². The summed E-state index contributed by atoms with van der Waals surface area (Å²) in [7, 11) is 9.75. The van der Waals surface area contributed by atoms with Crippen LogP contribution in [0.4, 0.5) is 0 Å². The summed E-state index contributed by atoms with van der Waals surface area (Å²) in [5, 5.41) is 64.6. The van der Waals surface area contributed by atoms with E-state index in [0.717, 1.165) is 89.4 Å². The third-order valence-electron chi connectivity index (χ3n) is 14.4.